The van der Waals surface area contributed by atoms with E-state index >= 15 is 0 Å². The number of aromatic nitrogens is 1. The summed E-state index contributed by atoms with van der Waals surface area (Å²) in [6.07, 6.45) is 3.35. The second kappa shape index (κ2) is 6.07. The van der Waals surface area contributed by atoms with E-state index in [1.54, 1.807) is 18.5 Å². The Morgan fingerprint density at radius 1 is 1.45 bits per heavy atom. The fourth-order valence-electron chi connectivity index (χ4n) is 0.614. The third-order valence-corrected chi connectivity index (χ3v) is 1.12. The molecule has 0 fully saturated rings. The first-order valence-corrected chi connectivity index (χ1v) is 2.72. The maximum absolute atomic E-state index is 5.53. The molecule has 0 spiro atoms. The number of hydrogen-bond acceptors (Lipinski definition) is 3. The van der Waals surface area contributed by atoms with Gasteiger partial charge in [-0.15, -0.1) is 24.8 Å². The van der Waals surface area contributed by atoms with Crippen LogP contribution in [0.3, 0.4) is 0 Å². The molecule has 3 N–H and O–H groups in total. The van der Waals surface area contributed by atoms with Crippen LogP contribution in [0.25, 0.3) is 0 Å². The SMILES string of the molecule is CNc1cnccc1N.Cl.Cl. The zero-order valence-electron chi connectivity index (χ0n) is 6.07. The van der Waals surface area contributed by atoms with Gasteiger partial charge in [0.1, 0.15) is 0 Å². The highest BCUT2D eigenvalue weighted by Crippen LogP contribution is 2.12. The normalized spacial score (nSPS) is 7.36. The molecule has 11 heavy (non-hydrogen) atoms. The molecule has 0 aliphatic carbocycles. The van der Waals surface area contributed by atoms with Crippen molar-refractivity contribution in [3.05, 3.63) is 18.5 Å². The molecule has 1 aromatic heterocycles. The van der Waals surface area contributed by atoms with Crippen LogP contribution in [0.1, 0.15) is 0 Å². The standard InChI is InChI=1S/C6H9N3.2ClH/c1-8-6-4-9-3-2-5(6)7;;/h2-4,8H,1H3,(H2,7,9);2*1H. The Morgan fingerprint density at radius 2 is 2.09 bits per heavy atom. The molecule has 0 bridgehead atoms. The van der Waals surface area contributed by atoms with Crippen LogP contribution in [0.15, 0.2) is 18.5 Å². The van der Waals surface area contributed by atoms with Crippen LogP contribution < -0.4 is 11.1 Å². The quantitative estimate of drug-likeness (QED) is 0.716. The average Bonchev–Trinajstić information content (AvgIpc) is 1.89. The molecule has 1 rings (SSSR count). The molecule has 1 aromatic rings. The first kappa shape index (κ1) is 13.0. The number of hydrogen-bond donors (Lipinski definition) is 2. The number of nitrogen functional groups attached to an aromatic ring is 1. The van der Waals surface area contributed by atoms with Crippen molar-refractivity contribution in [3.63, 3.8) is 0 Å². The van der Waals surface area contributed by atoms with Crippen molar-refractivity contribution in [2.24, 2.45) is 0 Å². The molecule has 0 amide bonds. The van der Waals surface area contributed by atoms with E-state index in [4.69, 9.17) is 5.73 Å². The number of pyridine rings is 1. The summed E-state index contributed by atoms with van der Waals surface area (Å²) in [5.74, 6) is 0. The van der Waals surface area contributed by atoms with Crippen molar-refractivity contribution in [1.29, 1.82) is 0 Å². The van der Waals surface area contributed by atoms with Gasteiger partial charge >= 0.3 is 0 Å². The molecule has 0 radical (unpaired) electrons. The summed E-state index contributed by atoms with van der Waals surface area (Å²) in [6, 6.07) is 1.76. The van der Waals surface area contributed by atoms with Crippen LogP contribution in [-0.2, 0) is 0 Å². The topological polar surface area (TPSA) is 50.9 Å². The molecule has 0 saturated carbocycles. The van der Waals surface area contributed by atoms with Crippen molar-refractivity contribution in [2.75, 3.05) is 18.1 Å². The lowest BCUT2D eigenvalue weighted by atomic mass is 10.4. The van der Waals surface area contributed by atoms with Crippen molar-refractivity contribution >= 4 is 36.2 Å². The van der Waals surface area contributed by atoms with E-state index in [1.807, 2.05) is 7.05 Å². The fourth-order valence-corrected chi connectivity index (χ4v) is 0.614. The van der Waals surface area contributed by atoms with Crippen LogP contribution in [0.5, 0.6) is 0 Å². The predicted octanol–water partition coefficient (Wildman–Crippen LogP) is 1.55. The zero-order valence-corrected chi connectivity index (χ0v) is 7.71. The number of nitrogens with one attached hydrogen (secondary N) is 1. The van der Waals surface area contributed by atoms with Gasteiger partial charge in [-0.3, -0.25) is 4.98 Å². The molecule has 0 saturated heterocycles. The molecule has 0 aromatic carbocycles. The summed E-state index contributed by atoms with van der Waals surface area (Å²) < 4.78 is 0. The lowest BCUT2D eigenvalue weighted by Crippen LogP contribution is -1.94. The Balaban J connectivity index is 0. The Bertz CT molecular complexity index is 205. The molecule has 3 nitrogen and oxygen atoms in total. The van der Waals surface area contributed by atoms with Gasteiger partial charge in [-0.1, -0.05) is 0 Å². The minimum atomic E-state index is 0. The third kappa shape index (κ3) is 3.30. The average molecular weight is 196 g/mol. The van der Waals surface area contributed by atoms with Crippen molar-refractivity contribution < 1.29 is 0 Å². The number of anilines is 2. The third-order valence-electron chi connectivity index (χ3n) is 1.12. The van der Waals surface area contributed by atoms with Crippen molar-refractivity contribution in [1.82, 2.24) is 4.98 Å². The molecule has 64 valence electrons. The van der Waals surface area contributed by atoms with Gasteiger partial charge in [0.2, 0.25) is 0 Å². The maximum atomic E-state index is 5.53. The Kier molecular flexibility index (Phi) is 7.15. The highest BCUT2D eigenvalue weighted by atomic mass is 35.5. The van der Waals surface area contributed by atoms with Crippen LogP contribution >= 0.6 is 24.8 Å². The highest BCUT2D eigenvalue weighted by Gasteiger charge is 1.90. The van der Waals surface area contributed by atoms with Gasteiger partial charge in [0, 0.05) is 13.2 Å². The Labute approximate surface area is 78.2 Å². The molecule has 0 unspecified atom stereocenters. The second-order valence-electron chi connectivity index (χ2n) is 1.71. The molecule has 5 heteroatoms. The van der Waals surface area contributed by atoms with Crippen molar-refractivity contribution in [2.45, 2.75) is 0 Å². The summed E-state index contributed by atoms with van der Waals surface area (Å²) >= 11 is 0. The van der Waals surface area contributed by atoms with Gasteiger partial charge in [-0.25, -0.2) is 0 Å². The first-order valence-electron chi connectivity index (χ1n) is 2.72. The Hall–Kier alpha value is -0.670. The largest absolute Gasteiger partial charge is 0.397 e. The summed E-state index contributed by atoms with van der Waals surface area (Å²) in [5, 5.41) is 2.91. The van der Waals surface area contributed by atoms with Crippen LogP contribution in [0.2, 0.25) is 0 Å². The van der Waals surface area contributed by atoms with E-state index in [-0.39, 0.29) is 24.8 Å². The minimum absolute atomic E-state index is 0. The lowest BCUT2D eigenvalue weighted by Gasteiger charge is -2.00. The summed E-state index contributed by atoms with van der Waals surface area (Å²) in [5.41, 5.74) is 7.13. The van der Waals surface area contributed by atoms with Gasteiger partial charge in [0.25, 0.3) is 0 Å². The van der Waals surface area contributed by atoms with Gasteiger partial charge in [-0.05, 0) is 6.07 Å². The van der Waals surface area contributed by atoms with Gasteiger partial charge in [-0.2, -0.15) is 0 Å². The number of rotatable bonds is 1. The van der Waals surface area contributed by atoms with Crippen LogP contribution in [-0.4, -0.2) is 12.0 Å². The number of nitrogens with two attached hydrogens (primary N) is 1. The van der Waals surface area contributed by atoms with E-state index < -0.39 is 0 Å². The second-order valence-corrected chi connectivity index (χ2v) is 1.71. The van der Waals surface area contributed by atoms with Crippen LogP contribution in [0.4, 0.5) is 11.4 Å². The summed E-state index contributed by atoms with van der Waals surface area (Å²) in [6.45, 7) is 0. The van der Waals surface area contributed by atoms with E-state index in [0.29, 0.717) is 0 Å². The van der Waals surface area contributed by atoms with E-state index in [1.165, 1.54) is 0 Å². The molecule has 0 aliphatic heterocycles. The fraction of sp³-hybridized carbons (Fsp3) is 0.167. The Morgan fingerprint density at radius 3 is 2.45 bits per heavy atom. The molecule has 1 heterocycles. The highest BCUT2D eigenvalue weighted by molar-refractivity contribution is 5.85. The number of nitrogens with zero attached hydrogens (tertiary/aromatic N) is 1. The van der Waals surface area contributed by atoms with Gasteiger partial charge in [0.05, 0.1) is 17.6 Å². The minimum Gasteiger partial charge on any atom is -0.397 e. The van der Waals surface area contributed by atoms with Crippen molar-refractivity contribution in [3.8, 4) is 0 Å². The van der Waals surface area contributed by atoms with Gasteiger partial charge in [0.15, 0.2) is 0 Å². The first-order chi connectivity index (χ1) is 4.34. The summed E-state index contributed by atoms with van der Waals surface area (Å²) in [7, 11) is 1.81. The zero-order chi connectivity index (χ0) is 6.69. The smallest absolute Gasteiger partial charge is 0.0757 e. The predicted molar refractivity (Wildman–Crippen MR) is 52.7 cm³/mol. The van der Waals surface area contributed by atoms with E-state index in [2.05, 4.69) is 10.3 Å². The van der Waals surface area contributed by atoms with Crippen LogP contribution in [0, 0.1) is 0 Å². The lowest BCUT2D eigenvalue weighted by molar-refractivity contribution is 1.31. The van der Waals surface area contributed by atoms with E-state index in [9.17, 15) is 0 Å². The van der Waals surface area contributed by atoms with E-state index in [0.717, 1.165) is 11.4 Å². The monoisotopic (exact) mass is 195 g/mol. The number of halogens is 2. The molecular formula is C6H11Cl2N3. The van der Waals surface area contributed by atoms with Gasteiger partial charge < -0.3 is 11.1 Å². The molecule has 0 aliphatic rings. The molecule has 0 atom stereocenters. The maximum Gasteiger partial charge on any atom is 0.0757 e. The summed E-state index contributed by atoms with van der Waals surface area (Å²) in [4.78, 5) is 3.87. The molecular weight excluding hydrogens is 185 g/mol.